The molecule has 0 aliphatic heterocycles. The number of aromatic nitrogens is 3. The van der Waals surface area contributed by atoms with Gasteiger partial charge < -0.3 is 15.2 Å². The van der Waals surface area contributed by atoms with Gasteiger partial charge in [0.25, 0.3) is 0 Å². The first-order valence-electron chi connectivity index (χ1n) is 8.22. The Morgan fingerprint density at radius 2 is 1.92 bits per heavy atom. The summed E-state index contributed by atoms with van der Waals surface area (Å²) in [5, 5.41) is 5.25. The number of benzene rings is 2. The normalized spacial score (nSPS) is 11.6. The molecule has 126 valence electrons. The van der Waals surface area contributed by atoms with E-state index in [2.05, 4.69) is 20.2 Å². The van der Waals surface area contributed by atoms with E-state index in [1.54, 1.807) is 18.3 Å². The van der Waals surface area contributed by atoms with E-state index >= 15 is 0 Å². The third-order valence-corrected chi connectivity index (χ3v) is 4.24. The molecule has 0 bridgehead atoms. The molecule has 25 heavy (non-hydrogen) atoms. The lowest BCUT2D eigenvalue weighted by molar-refractivity contribution is 0.425. The summed E-state index contributed by atoms with van der Waals surface area (Å²) in [6.45, 7) is 1.70. The Bertz CT molecular complexity index is 1130. The predicted molar refractivity (Wildman–Crippen MR) is 102 cm³/mol. The molecule has 0 radical (unpaired) electrons. The molecule has 0 unspecified atom stereocenters. The van der Waals surface area contributed by atoms with Crippen LogP contribution in [0.15, 0.2) is 47.4 Å². The zero-order valence-corrected chi connectivity index (χ0v) is 14.2. The second kappa shape index (κ2) is 6.14. The third kappa shape index (κ3) is 2.92. The third-order valence-electron chi connectivity index (χ3n) is 4.24. The summed E-state index contributed by atoms with van der Waals surface area (Å²) in [7, 11) is 4.08. The summed E-state index contributed by atoms with van der Waals surface area (Å²) in [5.41, 5.74) is 3.51. The van der Waals surface area contributed by atoms with Crippen LogP contribution in [-0.4, -0.2) is 47.0 Å². The lowest BCUT2D eigenvalue weighted by Crippen LogP contribution is -2.21. The van der Waals surface area contributed by atoms with Gasteiger partial charge >= 0.3 is 0 Å². The molecule has 2 aromatic heterocycles. The average molecular weight is 333 g/mol. The van der Waals surface area contributed by atoms with E-state index in [4.69, 9.17) is 4.98 Å². The highest BCUT2D eigenvalue weighted by Crippen LogP contribution is 2.26. The van der Waals surface area contributed by atoms with Gasteiger partial charge in [0.2, 0.25) is 0 Å². The number of likely N-dealkylation sites (N-methyl/N-ethyl adjacent to an activating group) is 1. The summed E-state index contributed by atoms with van der Waals surface area (Å²) in [6.07, 6.45) is 1.76. The van der Waals surface area contributed by atoms with Gasteiger partial charge in [-0.3, -0.25) is 4.79 Å². The van der Waals surface area contributed by atoms with E-state index in [-0.39, 0.29) is 5.43 Å². The molecule has 0 amide bonds. The number of rotatable bonds is 4. The van der Waals surface area contributed by atoms with Gasteiger partial charge in [0.1, 0.15) is 5.52 Å². The van der Waals surface area contributed by atoms with Crippen molar-refractivity contribution in [2.45, 2.75) is 0 Å². The molecule has 2 aromatic carbocycles. The molecule has 6 nitrogen and oxygen atoms in total. The summed E-state index contributed by atoms with van der Waals surface area (Å²) < 4.78 is 0. The Kier molecular flexibility index (Phi) is 3.82. The van der Waals surface area contributed by atoms with E-state index in [1.165, 1.54) is 0 Å². The van der Waals surface area contributed by atoms with Crippen LogP contribution in [0.1, 0.15) is 0 Å². The van der Waals surface area contributed by atoms with Crippen molar-refractivity contribution in [1.82, 2.24) is 19.9 Å². The first-order chi connectivity index (χ1) is 12.1. The number of anilines is 1. The first-order valence-corrected chi connectivity index (χ1v) is 8.22. The van der Waals surface area contributed by atoms with Crippen molar-refractivity contribution in [3.05, 3.63) is 52.8 Å². The van der Waals surface area contributed by atoms with Gasteiger partial charge in [0, 0.05) is 24.7 Å². The fourth-order valence-corrected chi connectivity index (χ4v) is 2.98. The Balaban J connectivity index is 1.91. The van der Waals surface area contributed by atoms with E-state index in [0.717, 1.165) is 51.7 Å². The molecule has 4 rings (SSSR count). The molecule has 2 N–H and O–H groups in total. The molecule has 0 spiro atoms. The zero-order chi connectivity index (χ0) is 17.4. The fourth-order valence-electron chi connectivity index (χ4n) is 2.98. The second-order valence-electron chi connectivity index (χ2n) is 6.36. The van der Waals surface area contributed by atoms with Crippen molar-refractivity contribution in [2.75, 3.05) is 32.5 Å². The van der Waals surface area contributed by atoms with E-state index in [0.29, 0.717) is 0 Å². The number of nitrogens with one attached hydrogen (secondary N) is 2. The van der Waals surface area contributed by atoms with Crippen molar-refractivity contribution in [1.29, 1.82) is 0 Å². The maximum Gasteiger partial charge on any atom is 0.179 e. The van der Waals surface area contributed by atoms with Gasteiger partial charge in [-0.05, 0) is 49.8 Å². The monoisotopic (exact) mass is 333 g/mol. The smallest absolute Gasteiger partial charge is 0.179 e. The molecule has 0 saturated carbocycles. The number of hydrogen-bond donors (Lipinski definition) is 2. The van der Waals surface area contributed by atoms with Gasteiger partial charge in [-0.15, -0.1) is 0 Å². The fraction of sp³-hybridized carbons (Fsp3) is 0.211. The molecule has 2 heterocycles. The largest absolute Gasteiger partial charge is 0.367 e. The number of H-pyrrole nitrogens is 1. The maximum absolute atomic E-state index is 11.6. The summed E-state index contributed by atoms with van der Waals surface area (Å²) in [6, 6.07) is 10.8. The molecular weight excluding hydrogens is 314 g/mol. The maximum atomic E-state index is 11.6. The highest BCUT2D eigenvalue weighted by Gasteiger charge is 2.08. The minimum absolute atomic E-state index is 0.00769. The minimum atomic E-state index is 0.00769. The van der Waals surface area contributed by atoms with E-state index < -0.39 is 0 Å². The van der Waals surface area contributed by atoms with Crippen LogP contribution in [0.3, 0.4) is 0 Å². The van der Waals surface area contributed by atoms with Crippen molar-refractivity contribution in [2.24, 2.45) is 0 Å². The van der Waals surface area contributed by atoms with Gasteiger partial charge in [-0.25, -0.2) is 9.97 Å². The number of aromatic amines is 1. The summed E-state index contributed by atoms with van der Waals surface area (Å²) in [5.74, 6) is 0.784. The van der Waals surface area contributed by atoms with Gasteiger partial charge in [0.05, 0.1) is 16.6 Å². The summed E-state index contributed by atoms with van der Waals surface area (Å²) >= 11 is 0. The Labute approximate surface area is 144 Å². The van der Waals surface area contributed by atoms with Crippen molar-refractivity contribution >= 4 is 38.7 Å². The van der Waals surface area contributed by atoms with Crippen LogP contribution in [0.2, 0.25) is 0 Å². The molecule has 0 atom stereocenters. The number of nitrogens with zero attached hydrogens (tertiary/aromatic N) is 3. The first kappa shape index (κ1) is 15.5. The Morgan fingerprint density at radius 1 is 1.08 bits per heavy atom. The van der Waals surface area contributed by atoms with Crippen LogP contribution in [-0.2, 0) is 0 Å². The Morgan fingerprint density at radius 3 is 2.76 bits per heavy atom. The summed E-state index contributed by atoms with van der Waals surface area (Å²) in [4.78, 5) is 26.4. The number of hydrogen-bond acceptors (Lipinski definition) is 5. The van der Waals surface area contributed by atoms with Crippen molar-refractivity contribution < 1.29 is 0 Å². The molecule has 6 heteroatoms. The standard InChI is InChI=1S/C19H19N5O/c1-24(2)10-9-21-19-18-16(7-8-20-19)22-15-6-3-12-11-13(25)4-5-14(12)17(15)23-18/h3-8,11,23H,9-10H2,1-2H3,(H,20,21). The van der Waals surface area contributed by atoms with E-state index in [9.17, 15) is 4.79 Å². The highest BCUT2D eigenvalue weighted by atomic mass is 16.1. The van der Waals surface area contributed by atoms with Crippen molar-refractivity contribution in [3.8, 4) is 0 Å². The number of pyridine rings is 1. The quantitative estimate of drug-likeness (QED) is 0.444. The average Bonchev–Trinajstić information content (AvgIpc) is 2.59. The predicted octanol–water partition coefficient (Wildman–Crippen LogP) is 2.60. The Hall–Kier alpha value is -2.99. The molecular formula is C19H19N5O. The van der Waals surface area contributed by atoms with Crippen LogP contribution in [0.25, 0.3) is 32.8 Å². The molecule has 4 aromatic rings. The highest BCUT2D eigenvalue weighted by molar-refractivity contribution is 6.06. The number of fused-ring (bicyclic) bond motifs is 4. The lowest BCUT2D eigenvalue weighted by Gasteiger charge is -2.13. The van der Waals surface area contributed by atoms with Crippen molar-refractivity contribution in [3.63, 3.8) is 0 Å². The van der Waals surface area contributed by atoms with Crippen LogP contribution in [0, 0.1) is 0 Å². The molecule has 0 aliphatic rings. The molecule has 0 aliphatic carbocycles. The van der Waals surface area contributed by atoms with Crippen LogP contribution in [0.4, 0.5) is 5.82 Å². The van der Waals surface area contributed by atoms with Gasteiger partial charge in [0.15, 0.2) is 11.2 Å². The minimum Gasteiger partial charge on any atom is -0.367 e. The van der Waals surface area contributed by atoms with Gasteiger partial charge in [-0.1, -0.05) is 6.07 Å². The topological polar surface area (TPSA) is 73.9 Å². The molecule has 0 saturated heterocycles. The van der Waals surface area contributed by atoms with Crippen LogP contribution < -0.4 is 10.7 Å². The van der Waals surface area contributed by atoms with Crippen LogP contribution in [0.5, 0.6) is 0 Å². The lowest BCUT2D eigenvalue weighted by atomic mass is 10.1. The SMILES string of the molecule is CN(C)CCNc1nccc2nc3ccc4cc(=O)ccc4c3[nH]c12. The zero-order valence-electron chi connectivity index (χ0n) is 14.2. The molecule has 0 fully saturated rings. The van der Waals surface area contributed by atoms with Crippen LogP contribution >= 0.6 is 0 Å². The van der Waals surface area contributed by atoms with Gasteiger partial charge in [-0.2, -0.15) is 0 Å². The van der Waals surface area contributed by atoms with E-state index in [1.807, 2.05) is 38.4 Å². The second-order valence-corrected chi connectivity index (χ2v) is 6.36.